The maximum Gasteiger partial charge on any atom is 0.333 e. The summed E-state index contributed by atoms with van der Waals surface area (Å²) in [6, 6.07) is 46.7. The quantitative estimate of drug-likeness (QED) is 0.154. The van der Waals surface area contributed by atoms with Crippen LogP contribution in [0.4, 0.5) is 17.1 Å². The molecule has 61 heavy (non-hydrogen) atoms. The van der Waals surface area contributed by atoms with E-state index in [4.69, 9.17) is 4.42 Å². The molecule has 2 aliphatic carbocycles. The molecule has 0 fully saturated rings. The Labute approximate surface area is 360 Å². The molecular formula is C56H45BN2OS. The zero-order valence-electron chi connectivity index (χ0n) is 35.7. The lowest BCUT2D eigenvalue weighted by molar-refractivity contribution is 0.332. The zero-order chi connectivity index (χ0) is 41.1. The third kappa shape index (κ3) is 4.12. The number of rotatable bonds is 1. The van der Waals surface area contributed by atoms with Crippen molar-refractivity contribution in [2.45, 2.75) is 77.6 Å². The Morgan fingerprint density at radius 1 is 0.574 bits per heavy atom. The van der Waals surface area contributed by atoms with Gasteiger partial charge in [0.25, 0.3) is 0 Å². The van der Waals surface area contributed by atoms with Crippen LogP contribution >= 0.6 is 11.3 Å². The van der Waals surface area contributed by atoms with Crippen molar-refractivity contribution in [2.24, 2.45) is 0 Å². The molecule has 5 heteroatoms. The monoisotopic (exact) mass is 804 g/mol. The first-order valence-electron chi connectivity index (χ1n) is 22.1. The van der Waals surface area contributed by atoms with Gasteiger partial charge < -0.3 is 13.8 Å². The molecule has 0 spiro atoms. The van der Waals surface area contributed by atoms with Crippen LogP contribution in [-0.2, 0) is 16.2 Å². The van der Waals surface area contributed by atoms with Crippen molar-refractivity contribution in [3.63, 3.8) is 0 Å². The second-order valence-corrected chi connectivity index (χ2v) is 21.4. The minimum absolute atomic E-state index is 0.0614. The highest BCUT2D eigenvalue weighted by atomic mass is 32.1. The Morgan fingerprint density at radius 2 is 1.28 bits per heavy atom. The maximum atomic E-state index is 6.91. The van der Waals surface area contributed by atoms with E-state index in [1.807, 2.05) is 11.3 Å². The lowest BCUT2D eigenvalue weighted by Gasteiger charge is -2.45. The van der Waals surface area contributed by atoms with E-state index in [9.17, 15) is 0 Å². The lowest BCUT2D eigenvalue weighted by Crippen LogP contribution is -2.57. The van der Waals surface area contributed by atoms with E-state index in [0.717, 1.165) is 11.2 Å². The van der Waals surface area contributed by atoms with Gasteiger partial charge in [0, 0.05) is 70.1 Å². The van der Waals surface area contributed by atoms with Gasteiger partial charge in [-0.1, -0.05) is 120 Å². The first-order chi connectivity index (χ1) is 29.4. The average Bonchev–Trinajstić information content (AvgIpc) is 3.97. The smallest absolute Gasteiger partial charge is 0.333 e. The van der Waals surface area contributed by atoms with E-state index in [1.165, 1.54) is 133 Å². The van der Waals surface area contributed by atoms with Crippen molar-refractivity contribution in [1.29, 1.82) is 0 Å². The summed E-state index contributed by atoms with van der Waals surface area (Å²) < 4.78 is 12.3. The molecule has 7 aromatic carbocycles. The van der Waals surface area contributed by atoms with Gasteiger partial charge in [-0.3, -0.25) is 0 Å². The van der Waals surface area contributed by atoms with Crippen LogP contribution in [0.5, 0.6) is 0 Å². The van der Waals surface area contributed by atoms with Gasteiger partial charge >= 0.3 is 6.85 Å². The Kier molecular flexibility index (Phi) is 6.29. The minimum Gasteiger partial charge on any atom is -0.454 e. The summed E-state index contributed by atoms with van der Waals surface area (Å²) >= 11 is 1.95. The largest absolute Gasteiger partial charge is 0.454 e. The van der Waals surface area contributed by atoms with E-state index in [2.05, 4.69) is 179 Å². The fourth-order valence-corrected chi connectivity index (χ4v) is 13.8. The first-order valence-corrected chi connectivity index (χ1v) is 22.9. The SMILES string of the molecule is Cc1cc2c(cc1N1c3cc4c(cc3B3c5c1cc1c(sc6ccccc61)c5-c1cccc5c6oc7ccccc7c6n3c15)C(C)(C)c1ccccc1-4)C(C)(C)CCC2(C)C. The molecule has 0 bridgehead atoms. The van der Waals surface area contributed by atoms with Crippen molar-refractivity contribution < 1.29 is 4.42 Å². The molecule has 294 valence electrons. The minimum atomic E-state index is -0.155. The molecule has 4 aliphatic rings. The normalized spacial score (nSPS) is 17.3. The third-order valence-corrected chi connectivity index (χ3v) is 16.9. The zero-order valence-corrected chi connectivity index (χ0v) is 36.6. The average molecular weight is 805 g/mol. The Balaban J connectivity index is 1.20. The molecule has 0 saturated heterocycles. The highest BCUT2D eigenvalue weighted by molar-refractivity contribution is 7.26. The van der Waals surface area contributed by atoms with Crippen molar-refractivity contribution >= 4 is 99.3 Å². The number of hydrogen-bond acceptors (Lipinski definition) is 3. The van der Waals surface area contributed by atoms with E-state index < -0.39 is 0 Å². The summed E-state index contributed by atoms with van der Waals surface area (Å²) in [5.74, 6) is 0. The maximum absolute atomic E-state index is 6.91. The molecule has 10 aromatic rings. The summed E-state index contributed by atoms with van der Waals surface area (Å²) in [4.78, 5) is 2.71. The number of anilines is 3. The van der Waals surface area contributed by atoms with Crippen molar-refractivity contribution in [3.8, 4) is 22.3 Å². The number of para-hydroxylation sites is 2. The number of hydrogen-bond donors (Lipinski definition) is 0. The number of furan rings is 1. The predicted molar refractivity (Wildman–Crippen MR) is 260 cm³/mol. The van der Waals surface area contributed by atoms with Gasteiger partial charge in [-0.25, -0.2) is 0 Å². The first kappa shape index (κ1) is 34.7. The van der Waals surface area contributed by atoms with Crippen LogP contribution in [0.1, 0.15) is 82.2 Å². The van der Waals surface area contributed by atoms with Gasteiger partial charge in [-0.15, -0.1) is 11.3 Å². The number of aryl methyl sites for hydroxylation is 1. The van der Waals surface area contributed by atoms with E-state index >= 15 is 0 Å². The number of aromatic nitrogens is 1. The van der Waals surface area contributed by atoms with Crippen LogP contribution in [-0.4, -0.2) is 11.3 Å². The Hall–Kier alpha value is -6.04. The molecule has 0 N–H and O–H groups in total. The molecule has 0 radical (unpaired) electrons. The van der Waals surface area contributed by atoms with Crippen LogP contribution < -0.4 is 15.8 Å². The summed E-state index contributed by atoms with van der Waals surface area (Å²) in [6.07, 6.45) is 2.36. The number of thiophene rings is 1. The van der Waals surface area contributed by atoms with E-state index in [1.54, 1.807) is 0 Å². The molecule has 2 aliphatic heterocycles. The Morgan fingerprint density at radius 3 is 2.11 bits per heavy atom. The molecule has 3 nitrogen and oxygen atoms in total. The molecule has 0 unspecified atom stereocenters. The highest BCUT2D eigenvalue weighted by Gasteiger charge is 2.48. The van der Waals surface area contributed by atoms with Gasteiger partial charge in [-0.05, 0) is 123 Å². The molecular weight excluding hydrogens is 760 g/mol. The molecule has 14 rings (SSSR count). The lowest BCUT2D eigenvalue weighted by atomic mass is 9.44. The number of nitrogens with zero attached hydrogens (tertiary/aromatic N) is 2. The Bertz CT molecular complexity index is 3670. The van der Waals surface area contributed by atoms with Crippen LogP contribution in [0, 0.1) is 6.92 Å². The van der Waals surface area contributed by atoms with Crippen LogP contribution in [0.3, 0.4) is 0 Å². The number of fused-ring (bicyclic) bond motifs is 17. The molecule has 0 atom stereocenters. The molecule has 0 amide bonds. The van der Waals surface area contributed by atoms with Gasteiger partial charge in [0.15, 0.2) is 5.58 Å². The second-order valence-electron chi connectivity index (χ2n) is 20.3. The summed E-state index contributed by atoms with van der Waals surface area (Å²) in [5.41, 5.74) is 23.4. The van der Waals surface area contributed by atoms with E-state index in [0.29, 0.717) is 0 Å². The molecule has 3 aromatic heterocycles. The summed E-state index contributed by atoms with van der Waals surface area (Å²) in [6.45, 7) is 17.0. The van der Waals surface area contributed by atoms with Crippen molar-refractivity contribution in [2.75, 3.05) is 4.90 Å². The fourth-order valence-electron chi connectivity index (χ4n) is 12.5. The predicted octanol–water partition coefficient (Wildman–Crippen LogP) is 14.3. The van der Waals surface area contributed by atoms with Gasteiger partial charge in [0.1, 0.15) is 5.58 Å². The highest BCUT2D eigenvalue weighted by Crippen LogP contribution is 2.56. The standard InChI is InChI=1S/C56H45BN2OS/c1-30-25-40-41(55(4,5)24-23-54(40,2)3)29-43(30)58-44-26-36-31-15-8-11-20-38(31)56(6,7)39(36)28-42(44)57-49-45(58)27-37-32-16-10-13-22-47(32)61-53(37)48(49)34-18-14-19-35-50(34)59(57)51-33-17-9-12-21-46(33)60-52(35)51/h8-22,25-29H,23-24H2,1-7H3. The summed E-state index contributed by atoms with van der Waals surface area (Å²) in [5, 5.41) is 5.01. The fraction of sp³-hybridized carbons (Fsp3) is 0.214. The van der Waals surface area contributed by atoms with Gasteiger partial charge in [0.2, 0.25) is 0 Å². The second kappa shape index (κ2) is 11.1. The number of benzene rings is 7. The van der Waals surface area contributed by atoms with E-state index in [-0.39, 0.29) is 23.1 Å². The summed E-state index contributed by atoms with van der Waals surface area (Å²) in [7, 11) is 0. The molecule has 0 saturated carbocycles. The van der Waals surface area contributed by atoms with Crippen LogP contribution in [0.15, 0.2) is 126 Å². The molecule has 5 heterocycles. The third-order valence-electron chi connectivity index (χ3n) is 15.7. The van der Waals surface area contributed by atoms with Crippen LogP contribution in [0.2, 0.25) is 0 Å². The van der Waals surface area contributed by atoms with Crippen molar-refractivity contribution in [1.82, 2.24) is 4.48 Å². The van der Waals surface area contributed by atoms with Crippen LogP contribution in [0.25, 0.3) is 75.4 Å². The topological polar surface area (TPSA) is 21.3 Å². The van der Waals surface area contributed by atoms with Gasteiger partial charge in [0.05, 0.1) is 5.52 Å². The van der Waals surface area contributed by atoms with Crippen molar-refractivity contribution in [3.05, 3.63) is 149 Å². The van der Waals surface area contributed by atoms with Gasteiger partial charge in [-0.2, -0.15) is 0 Å².